The fourth-order valence-electron chi connectivity index (χ4n) is 4.35. The van der Waals surface area contributed by atoms with E-state index < -0.39 is 5.60 Å². The topological polar surface area (TPSA) is 43.4 Å². The number of carbonyl (C=O) groups excluding carboxylic acids is 2. The van der Waals surface area contributed by atoms with Crippen molar-refractivity contribution in [2.75, 3.05) is 0 Å². The van der Waals surface area contributed by atoms with E-state index in [0.29, 0.717) is 12.8 Å². The smallest absolute Gasteiger partial charge is 0.306 e. The molecule has 2 bridgehead atoms. The van der Waals surface area contributed by atoms with E-state index in [4.69, 9.17) is 4.74 Å². The molecule has 88 valence electrons. The highest BCUT2D eigenvalue weighted by Gasteiger charge is 2.75. The summed E-state index contributed by atoms with van der Waals surface area (Å²) < 4.78 is 5.47. The van der Waals surface area contributed by atoms with Crippen LogP contribution in [-0.2, 0) is 14.3 Å². The summed E-state index contributed by atoms with van der Waals surface area (Å²) in [5.41, 5.74) is -1.08. The van der Waals surface area contributed by atoms with Crippen LogP contribution in [0.15, 0.2) is 0 Å². The van der Waals surface area contributed by atoms with Gasteiger partial charge in [-0.05, 0) is 18.3 Å². The molecule has 0 radical (unpaired) electrons. The number of hydrogen-bond donors (Lipinski definition) is 0. The van der Waals surface area contributed by atoms with Gasteiger partial charge in [0.25, 0.3) is 0 Å². The Morgan fingerprint density at radius 1 is 1.19 bits per heavy atom. The molecule has 1 spiro atoms. The van der Waals surface area contributed by atoms with Crippen molar-refractivity contribution in [3.05, 3.63) is 0 Å². The first kappa shape index (κ1) is 10.3. The van der Waals surface area contributed by atoms with Gasteiger partial charge < -0.3 is 4.74 Å². The van der Waals surface area contributed by atoms with Gasteiger partial charge in [0.05, 0.1) is 0 Å². The molecule has 1 saturated heterocycles. The van der Waals surface area contributed by atoms with E-state index in [-0.39, 0.29) is 28.5 Å². The van der Waals surface area contributed by atoms with Gasteiger partial charge in [0.1, 0.15) is 0 Å². The maximum Gasteiger partial charge on any atom is 0.306 e. The Labute approximate surface area is 95.5 Å². The fraction of sp³-hybridized carbons (Fsp3) is 0.846. The lowest BCUT2D eigenvalue weighted by molar-refractivity contribution is -0.163. The zero-order valence-corrected chi connectivity index (χ0v) is 10.1. The van der Waals surface area contributed by atoms with Crippen LogP contribution in [0.1, 0.15) is 46.5 Å². The third-order valence-electron chi connectivity index (χ3n) is 5.67. The molecule has 3 rings (SSSR count). The van der Waals surface area contributed by atoms with Gasteiger partial charge >= 0.3 is 5.97 Å². The van der Waals surface area contributed by atoms with Crippen molar-refractivity contribution in [3.8, 4) is 0 Å². The number of fused-ring (bicyclic) bond motifs is 3. The summed E-state index contributed by atoms with van der Waals surface area (Å²) in [6, 6.07) is 0. The van der Waals surface area contributed by atoms with Crippen LogP contribution in [-0.4, -0.2) is 17.4 Å². The molecule has 3 unspecified atom stereocenters. The Balaban J connectivity index is 2.13. The Hall–Kier alpha value is -0.860. The SMILES string of the molecule is CC12CCC(C3(CCC(=O)O3)C1=O)C2(C)C. The average molecular weight is 222 g/mol. The molecule has 3 fully saturated rings. The number of carbonyl (C=O) groups is 2. The van der Waals surface area contributed by atoms with Crippen LogP contribution in [0.4, 0.5) is 0 Å². The summed E-state index contributed by atoms with van der Waals surface area (Å²) >= 11 is 0. The second-order valence-electron chi connectivity index (χ2n) is 6.34. The molecular formula is C13H18O3. The number of ketones is 1. The minimum Gasteiger partial charge on any atom is -0.451 e. The highest BCUT2D eigenvalue weighted by molar-refractivity contribution is 6.00. The molecular weight excluding hydrogens is 204 g/mol. The fourth-order valence-corrected chi connectivity index (χ4v) is 4.35. The third-order valence-corrected chi connectivity index (χ3v) is 5.67. The summed E-state index contributed by atoms with van der Waals surface area (Å²) in [5, 5.41) is 0. The van der Waals surface area contributed by atoms with E-state index in [1.165, 1.54) is 0 Å². The van der Waals surface area contributed by atoms with Crippen molar-refractivity contribution in [1.29, 1.82) is 0 Å². The van der Waals surface area contributed by atoms with Crippen molar-refractivity contribution < 1.29 is 14.3 Å². The maximum atomic E-state index is 12.6. The zero-order chi connectivity index (χ0) is 11.8. The molecule has 0 aromatic heterocycles. The number of rotatable bonds is 0. The van der Waals surface area contributed by atoms with Crippen molar-refractivity contribution in [3.63, 3.8) is 0 Å². The molecule has 0 aromatic rings. The number of esters is 1. The van der Waals surface area contributed by atoms with Crippen LogP contribution >= 0.6 is 0 Å². The van der Waals surface area contributed by atoms with Crippen LogP contribution in [0.5, 0.6) is 0 Å². The quantitative estimate of drug-likeness (QED) is 0.589. The normalized spacial score (nSPS) is 49.1. The monoisotopic (exact) mass is 222 g/mol. The molecule has 3 nitrogen and oxygen atoms in total. The minimum atomic E-state index is -0.756. The second-order valence-corrected chi connectivity index (χ2v) is 6.34. The second kappa shape index (κ2) is 2.52. The summed E-state index contributed by atoms with van der Waals surface area (Å²) in [5.74, 6) is 0.219. The Morgan fingerprint density at radius 3 is 2.31 bits per heavy atom. The Morgan fingerprint density at radius 2 is 1.88 bits per heavy atom. The number of hydrogen-bond acceptors (Lipinski definition) is 3. The van der Waals surface area contributed by atoms with E-state index in [0.717, 1.165) is 12.8 Å². The lowest BCUT2D eigenvalue weighted by atomic mass is 9.70. The lowest BCUT2D eigenvalue weighted by Crippen LogP contribution is -2.46. The van der Waals surface area contributed by atoms with Gasteiger partial charge in [0.2, 0.25) is 0 Å². The number of ether oxygens (including phenoxy) is 1. The molecule has 0 aromatic carbocycles. The van der Waals surface area contributed by atoms with Crippen LogP contribution in [0.25, 0.3) is 0 Å². The molecule has 0 amide bonds. The van der Waals surface area contributed by atoms with Gasteiger partial charge in [-0.1, -0.05) is 20.8 Å². The summed E-state index contributed by atoms with van der Waals surface area (Å²) in [6.45, 7) is 6.36. The first-order valence-electron chi connectivity index (χ1n) is 6.11. The van der Waals surface area contributed by atoms with Gasteiger partial charge in [0, 0.05) is 24.2 Å². The van der Waals surface area contributed by atoms with Crippen LogP contribution < -0.4 is 0 Å². The van der Waals surface area contributed by atoms with E-state index in [9.17, 15) is 9.59 Å². The van der Waals surface area contributed by atoms with E-state index >= 15 is 0 Å². The largest absolute Gasteiger partial charge is 0.451 e. The van der Waals surface area contributed by atoms with Gasteiger partial charge in [-0.15, -0.1) is 0 Å². The van der Waals surface area contributed by atoms with Crippen LogP contribution in [0, 0.1) is 16.7 Å². The molecule has 0 N–H and O–H groups in total. The summed E-state index contributed by atoms with van der Waals surface area (Å²) in [7, 11) is 0. The van der Waals surface area contributed by atoms with Crippen molar-refractivity contribution in [1.82, 2.24) is 0 Å². The molecule has 2 aliphatic carbocycles. The predicted molar refractivity (Wildman–Crippen MR) is 57.7 cm³/mol. The van der Waals surface area contributed by atoms with Crippen molar-refractivity contribution >= 4 is 11.8 Å². The van der Waals surface area contributed by atoms with Crippen molar-refractivity contribution in [2.45, 2.75) is 52.1 Å². The molecule has 3 atom stereocenters. The van der Waals surface area contributed by atoms with Crippen LogP contribution in [0.3, 0.4) is 0 Å². The van der Waals surface area contributed by atoms with Gasteiger partial charge in [-0.2, -0.15) is 0 Å². The molecule has 3 aliphatic rings. The minimum absolute atomic E-state index is 0.0330. The first-order valence-corrected chi connectivity index (χ1v) is 6.11. The van der Waals surface area contributed by atoms with Gasteiger partial charge in [-0.25, -0.2) is 0 Å². The molecule has 1 heterocycles. The zero-order valence-electron chi connectivity index (χ0n) is 10.1. The highest BCUT2D eigenvalue weighted by Crippen LogP contribution is 2.69. The summed E-state index contributed by atoms with van der Waals surface area (Å²) in [4.78, 5) is 24.0. The first-order chi connectivity index (χ1) is 7.34. The average Bonchev–Trinajstić information content (AvgIpc) is 2.70. The predicted octanol–water partition coefficient (Wildman–Crippen LogP) is 2.09. The van der Waals surface area contributed by atoms with Crippen molar-refractivity contribution in [2.24, 2.45) is 16.7 Å². The van der Waals surface area contributed by atoms with E-state index in [1.54, 1.807) is 0 Å². The van der Waals surface area contributed by atoms with E-state index in [1.807, 2.05) is 0 Å². The van der Waals surface area contributed by atoms with Crippen LogP contribution in [0.2, 0.25) is 0 Å². The highest BCUT2D eigenvalue weighted by atomic mass is 16.6. The molecule has 3 heteroatoms. The molecule has 2 saturated carbocycles. The Kier molecular flexibility index (Phi) is 1.62. The number of Topliss-reactive ketones (excluding diaryl/α,β-unsaturated/α-hetero) is 1. The maximum absolute atomic E-state index is 12.6. The van der Waals surface area contributed by atoms with Gasteiger partial charge in [-0.3, -0.25) is 9.59 Å². The summed E-state index contributed by atoms with van der Waals surface area (Å²) in [6.07, 6.45) is 2.98. The molecule has 1 aliphatic heterocycles. The Bertz CT molecular complexity index is 398. The molecule has 16 heavy (non-hydrogen) atoms. The standard InChI is InChI=1S/C13H18O3/c1-11(2)8-4-6-12(11,3)10(15)13(8)7-5-9(14)16-13/h8H,4-7H2,1-3H3. The van der Waals surface area contributed by atoms with Gasteiger partial charge in [0.15, 0.2) is 11.4 Å². The third kappa shape index (κ3) is 0.802. The van der Waals surface area contributed by atoms with E-state index in [2.05, 4.69) is 20.8 Å². The lowest BCUT2D eigenvalue weighted by Gasteiger charge is -2.32.